The van der Waals surface area contributed by atoms with Gasteiger partial charge in [0.2, 0.25) is 0 Å². The maximum Gasteiger partial charge on any atom is 0.266 e. The molecule has 0 fully saturated rings. The van der Waals surface area contributed by atoms with Gasteiger partial charge in [0.1, 0.15) is 11.4 Å². The Hall–Kier alpha value is -3.22. The van der Waals surface area contributed by atoms with Gasteiger partial charge in [0, 0.05) is 28.9 Å². The molecule has 0 aliphatic rings. The Morgan fingerprint density at radius 1 is 1.00 bits per heavy atom. The molecule has 0 bridgehead atoms. The fourth-order valence-electron chi connectivity index (χ4n) is 3.31. The minimum Gasteiger partial charge on any atom is -0.497 e. The molecule has 0 aliphatic heterocycles. The monoisotopic (exact) mass is 417 g/mol. The first-order valence-corrected chi connectivity index (χ1v) is 10.5. The Bertz CT molecular complexity index is 1150. The van der Waals surface area contributed by atoms with Gasteiger partial charge in [-0.3, -0.25) is 4.79 Å². The lowest BCUT2D eigenvalue weighted by Gasteiger charge is -2.07. The molecule has 1 amide bonds. The van der Waals surface area contributed by atoms with E-state index in [1.54, 1.807) is 18.9 Å². The van der Waals surface area contributed by atoms with Crippen molar-refractivity contribution in [2.45, 2.75) is 22.9 Å². The quantitative estimate of drug-likeness (QED) is 0.388. The average Bonchev–Trinajstić information content (AvgIpc) is 3.13. The van der Waals surface area contributed by atoms with Gasteiger partial charge in [-0.1, -0.05) is 54.2 Å². The third-order valence-corrected chi connectivity index (χ3v) is 5.98. The Morgan fingerprint density at radius 3 is 2.40 bits per heavy atom. The summed E-state index contributed by atoms with van der Waals surface area (Å²) in [6, 6.07) is 24.2. The molecule has 0 saturated carbocycles. The van der Waals surface area contributed by atoms with Crippen LogP contribution in [0.25, 0.3) is 10.9 Å². The van der Waals surface area contributed by atoms with Crippen LogP contribution < -0.4 is 15.8 Å². The number of hydrogen-bond donors (Lipinski definition) is 3. The van der Waals surface area contributed by atoms with Gasteiger partial charge in [0.25, 0.3) is 5.91 Å². The second-order valence-corrected chi connectivity index (χ2v) is 8.02. The normalized spacial score (nSPS) is 11.0. The minimum absolute atomic E-state index is 0.446. The van der Waals surface area contributed by atoms with E-state index in [-0.39, 0.29) is 0 Å². The van der Waals surface area contributed by atoms with Crippen molar-refractivity contribution in [2.75, 3.05) is 7.11 Å². The third kappa shape index (κ3) is 4.50. The molecule has 30 heavy (non-hydrogen) atoms. The number of H-pyrrole nitrogens is 1. The van der Waals surface area contributed by atoms with Crippen molar-refractivity contribution < 1.29 is 9.53 Å². The van der Waals surface area contributed by atoms with E-state index in [0.717, 1.165) is 38.6 Å². The largest absolute Gasteiger partial charge is 0.497 e. The maximum atomic E-state index is 12.0. The molecule has 0 spiro atoms. The number of hydrogen-bond acceptors (Lipinski definition) is 4. The summed E-state index contributed by atoms with van der Waals surface area (Å²) >= 11 is 1.54. The lowest BCUT2D eigenvalue weighted by Crippen LogP contribution is -2.12. The number of ether oxygens (including phenoxy) is 1. The van der Waals surface area contributed by atoms with Gasteiger partial charge in [-0.05, 0) is 41.5 Å². The number of nitrogens with two attached hydrogens (primary N) is 1. The molecule has 4 rings (SSSR count). The van der Waals surface area contributed by atoms with Crippen molar-refractivity contribution in [3.8, 4) is 5.75 Å². The number of rotatable bonds is 8. The van der Waals surface area contributed by atoms with Crippen LogP contribution in [0.2, 0.25) is 0 Å². The van der Waals surface area contributed by atoms with Gasteiger partial charge in [-0.2, -0.15) is 0 Å². The standard InChI is InChI=1S/C24H23N3O2S/c1-29-18-10-7-16(8-11-18)14-26-15-17-9-12-20-21(13-17)27-22(24(25)28)23(20)30-19-5-3-2-4-6-19/h2-13,26-27H,14-15H2,1H3,(H2,25,28). The van der Waals surface area contributed by atoms with Gasteiger partial charge < -0.3 is 20.8 Å². The fraction of sp³-hybridized carbons (Fsp3) is 0.125. The van der Waals surface area contributed by atoms with Gasteiger partial charge in [0.05, 0.1) is 12.0 Å². The molecular weight excluding hydrogens is 394 g/mol. The molecule has 0 unspecified atom stereocenters. The molecule has 1 aromatic heterocycles. The molecule has 0 saturated heterocycles. The number of carbonyl (C=O) groups excluding carboxylic acids is 1. The molecule has 0 aliphatic carbocycles. The van der Waals surface area contributed by atoms with Crippen LogP contribution in [-0.2, 0) is 13.1 Å². The summed E-state index contributed by atoms with van der Waals surface area (Å²) < 4.78 is 5.19. The van der Waals surface area contributed by atoms with Crippen molar-refractivity contribution in [1.82, 2.24) is 10.3 Å². The predicted molar refractivity (Wildman–Crippen MR) is 121 cm³/mol. The lowest BCUT2D eigenvalue weighted by atomic mass is 10.1. The number of aromatic amines is 1. The second-order valence-electron chi connectivity index (χ2n) is 6.94. The van der Waals surface area contributed by atoms with Crippen LogP contribution >= 0.6 is 11.8 Å². The highest BCUT2D eigenvalue weighted by atomic mass is 32.2. The average molecular weight is 418 g/mol. The van der Waals surface area contributed by atoms with E-state index in [9.17, 15) is 4.79 Å². The van der Waals surface area contributed by atoms with Crippen molar-refractivity contribution in [3.63, 3.8) is 0 Å². The molecule has 5 nitrogen and oxygen atoms in total. The summed E-state index contributed by atoms with van der Waals surface area (Å²) in [4.78, 5) is 17.1. The molecule has 1 heterocycles. The van der Waals surface area contributed by atoms with E-state index in [1.807, 2.05) is 60.7 Å². The number of aromatic nitrogens is 1. The van der Waals surface area contributed by atoms with Crippen LogP contribution in [0.1, 0.15) is 21.6 Å². The first-order chi connectivity index (χ1) is 14.6. The van der Waals surface area contributed by atoms with Gasteiger partial charge in [-0.15, -0.1) is 0 Å². The van der Waals surface area contributed by atoms with Crippen molar-refractivity contribution in [3.05, 3.63) is 89.6 Å². The topological polar surface area (TPSA) is 80.1 Å². The molecule has 0 atom stereocenters. The van der Waals surface area contributed by atoms with E-state index in [4.69, 9.17) is 10.5 Å². The summed E-state index contributed by atoms with van der Waals surface area (Å²) in [6.45, 7) is 1.47. The third-order valence-electron chi connectivity index (χ3n) is 4.84. The smallest absolute Gasteiger partial charge is 0.266 e. The number of benzene rings is 3. The number of methoxy groups -OCH3 is 1. The van der Waals surface area contributed by atoms with E-state index < -0.39 is 5.91 Å². The lowest BCUT2D eigenvalue weighted by molar-refractivity contribution is 0.0993. The Kier molecular flexibility index (Phi) is 6.07. The molecule has 3 aromatic carbocycles. The minimum atomic E-state index is -0.455. The fourth-order valence-corrected chi connectivity index (χ4v) is 4.38. The van der Waals surface area contributed by atoms with Crippen LogP contribution in [-0.4, -0.2) is 18.0 Å². The van der Waals surface area contributed by atoms with Crippen LogP contribution in [0.15, 0.2) is 82.6 Å². The van der Waals surface area contributed by atoms with Gasteiger partial charge in [0.15, 0.2) is 0 Å². The van der Waals surface area contributed by atoms with E-state index >= 15 is 0 Å². The van der Waals surface area contributed by atoms with Crippen molar-refractivity contribution >= 4 is 28.6 Å². The van der Waals surface area contributed by atoms with Crippen LogP contribution in [0, 0.1) is 0 Å². The summed E-state index contributed by atoms with van der Waals surface area (Å²) in [6.07, 6.45) is 0. The van der Waals surface area contributed by atoms with Gasteiger partial charge in [-0.25, -0.2) is 0 Å². The number of fused-ring (bicyclic) bond motifs is 1. The number of primary amides is 1. The van der Waals surface area contributed by atoms with Crippen LogP contribution in [0.4, 0.5) is 0 Å². The number of nitrogens with one attached hydrogen (secondary N) is 2. The zero-order valence-electron chi connectivity index (χ0n) is 16.6. The highest BCUT2D eigenvalue weighted by Gasteiger charge is 2.17. The van der Waals surface area contributed by atoms with E-state index in [0.29, 0.717) is 12.2 Å². The predicted octanol–water partition coefficient (Wildman–Crippen LogP) is 4.72. The Balaban J connectivity index is 1.51. The van der Waals surface area contributed by atoms with Crippen LogP contribution in [0.3, 0.4) is 0 Å². The second kappa shape index (κ2) is 9.07. The highest BCUT2D eigenvalue weighted by Crippen LogP contribution is 2.36. The van der Waals surface area contributed by atoms with Crippen LogP contribution in [0.5, 0.6) is 5.75 Å². The summed E-state index contributed by atoms with van der Waals surface area (Å²) in [7, 11) is 1.66. The zero-order valence-corrected chi connectivity index (χ0v) is 17.5. The first kappa shape index (κ1) is 20.1. The summed E-state index contributed by atoms with van der Waals surface area (Å²) in [5.74, 6) is 0.397. The van der Waals surface area contributed by atoms with Crippen molar-refractivity contribution in [1.29, 1.82) is 0 Å². The molecule has 0 radical (unpaired) electrons. The zero-order chi connectivity index (χ0) is 20.9. The number of carbonyl (C=O) groups is 1. The molecule has 4 N–H and O–H groups in total. The highest BCUT2D eigenvalue weighted by molar-refractivity contribution is 7.99. The summed E-state index contributed by atoms with van der Waals surface area (Å²) in [5, 5.41) is 4.45. The van der Waals surface area contributed by atoms with Crippen molar-refractivity contribution in [2.24, 2.45) is 5.73 Å². The first-order valence-electron chi connectivity index (χ1n) is 9.65. The Morgan fingerprint density at radius 2 is 1.70 bits per heavy atom. The Labute approximate surface area is 179 Å². The SMILES string of the molecule is COc1ccc(CNCc2ccc3c(Sc4ccccc4)c(C(N)=O)[nH]c3c2)cc1. The van der Waals surface area contributed by atoms with E-state index in [1.165, 1.54) is 5.56 Å². The summed E-state index contributed by atoms with van der Waals surface area (Å²) in [5.41, 5.74) is 9.30. The van der Waals surface area contributed by atoms with E-state index in [2.05, 4.69) is 22.4 Å². The maximum absolute atomic E-state index is 12.0. The number of amides is 1. The van der Waals surface area contributed by atoms with Gasteiger partial charge >= 0.3 is 0 Å². The molecular formula is C24H23N3O2S. The molecule has 152 valence electrons. The molecule has 6 heteroatoms. The molecule has 4 aromatic rings.